The van der Waals surface area contributed by atoms with Crippen molar-refractivity contribution >= 4 is 11.7 Å². The van der Waals surface area contributed by atoms with Crippen LogP contribution in [-0.4, -0.2) is 60.3 Å². The Morgan fingerprint density at radius 3 is 2.12 bits per heavy atom. The van der Waals surface area contributed by atoms with E-state index in [9.17, 15) is 9.59 Å². The smallest absolute Gasteiger partial charge is 0.236 e. The lowest BCUT2D eigenvalue weighted by Crippen LogP contribution is -2.37. The van der Waals surface area contributed by atoms with Crippen molar-refractivity contribution in [3.63, 3.8) is 0 Å². The van der Waals surface area contributed by atoms with Crippen molar-refractivity contribution in [1.29, 1.82) is 0 Å². The van der Waals surface area contributed by atoms with Gasteiger partial charge in [-0.3, -0.25) is 14.5 Å². The zero-order valence-corrected chi connectivity index (χ0v) is 16.0. The van der Waals surface area contributed by atoms with Crippen LogP contribution >= 0.6 is 0 Å². The molecule has 0 spiro atoms. The highest BCUT2D eigenvalue weighted by molar-refractivity contribution is 5.99. The van der Waals surface area contributed by atoms with Crippen molar-refractivity contribution in [2.75, 3.05) is 34.2 Å². The molecule has 1 heterocycles. The molecular weight excluding hydrogens is 314 g/mol. The average Bonchev–Trinajstić information content (AvgIpc) is 2.83. The zero-order chi connectivity index (χ0) is 18.7. The summed E-state index contributed by atoms with van der Waals surface area (Å²) in [6.45, 7) is 6.47. The minimum absolute atomic E-state index is 0.0135. The van der Waals surface area contributed by atoms with Gasteiger partial charge >= 0.3 is 0 Å². The first-order valence-electron chi connectivity index (χ1n) is 8.38. The topological polar surface area (TPSA) is 45.6 Å². The number of carbonyl (C=O) groups is 2. The molecule has 2 aromatic rings. The SMILES string of the molecule is Cc1ccc(-n2c(C)cc(C(=O)CN(C)CC(=O)N(C)C)c2C)cc1. The first kappa shape index (κ1) is 18.9. The Kier molecular flexibility index (Phi) is 5.80. The fraction of sp³-hybridized carbons (Fsp3) is 0.400. The van der Waals surface area contributed by atoms with Crippen LogP contribution in [0.1, 0.15) is 27.3 Å². The number of aryl methyl sites for hydroxylation is 2. The fourth-order valence-electron chi connectivity index (χ4n) is 2.89. The van der Waals surface area contributed by atoms with Crippen LogP contribution in [0.3, 0.4) is 0 Å². The molecule has 1 amide bonds. The lowest BCUT2D eigenvalue weighted by molar-refractivity contribution is -0.129. The van der Waals surface area contributed by atoms with E-state index in [0.717, 1.165) is 17.1 Å². The molecule has 1 aromatic heterocycles. The van der Waals surface area contributed by atoms with Crippen LogP contribution in [0.15, 0.2) is 30.3 Å². The van der Waals surface area contributed by atoms with Gasteiger partial charge in [-0.1, -0.05) is 17.7 Å². The number of amides is 1. The van der Waals surface area contributed by atoms with E-state index in [1.54, 1.807) is 26.0 Å². The van der Waals surface area contributed by atoms with Crippen LogP contribution in [0.25, 0.3) is 5.69 Å². The predicted molar refractivity (Wildman–Crippen MR) is 101 cm³/mol. The molecule has 0 radical (unpaired) electrons. The van der Waals surface area contributed by atoms with Gasteiger partial charge in [0.1, 0.15) is 0 Å². The largest absolute Gasteiger partial charge is 0.348 e. The molecule has 0 unspecified atom stereocenters. The Morgan fingerprint density at radius 2 is 1.56 bits per heavy atom. The Balaban J connectivity index is 2.20. The summed E-state index contributed by atoms with van der Waals surface area (Å²) in [4.78, 5) is 27.8. The molecule has 0 aliphatic carbocycles. The third kappa shape index (κ3) is 4.37. The van der Waals surface area contributed by atoms with Gasteiger partial charge in [-0.15, -0.1) is 0 Å². The van der Waals surface area contributed by atoms with Crippen molar-refractivity contribution in [3.05, 3.63) is 52.8 Å². The third-order valence-corrected chi connectivity index (χ3v) is 4.34. The normalized spacial score (nSPS) is 11.0. The molecular formula is C20H27N3O2. The maximum atomic E-state index is 12.7. The summed E-state index contributed by atoms with van der Waals surface area (Å²) in [6.07, 6.45) is 0. The summed E-state index contributed by atoms with van der Waals surface area (Å²) in [7, 11) is 5.22. The van der Waals surface area contributed by atoms with E-state index in [4.69, 9.17) is 0 Å². The van der Waals surface area contributed by atoms with Gasteiger partial charge in [0.2, 0.25) is 5.91 Å². The molecule has 25 heavy (non-hydrogen) atoms. The second kappa shape index (κ2) is 7.66. The van der Waals surface area contributed by atoms with Gasteiger partial charge < -0.3 is 9.47 Å². The van der Waals surface area contributed by atoms with Crippen molar-refractivity contribution in [1.82, 2.24) is 14.4 Å². The van der Waals surface area contributed by atoms with E-state index in [1.165, 1.54) is 10.5 Å². The van der Waals surface area contributed by atoms with E-state index in [2.05, 4.69) is 35.8 Å². The first-order valence-corrected chi connectivity index (χ1v) is 8.38. The number of ketones is 1. The summed E-state index contributed by atoms with van der Waals surface area (Å²) in [5, 5.41) is 0. The van der Waals surface area contributed by atoms with Crippen molar-refractivity contribution in [3.8, 4) is 5.69 Å². The van der Waals surface area contributed by atoms with Crippen LogP contribution in [0.5, 0.6) is 0 Å². The molecule has 1 aromatic carbocycles. The minimum Gasteiger partial charge on any atom is -0.348 e. The van der Waals surface area contributed by atoms with Gasteiger partial charge in [-0.2, -0.15) is 0 Å². The second-order valence-corrected chi connectivity index (χ2v) is 6.84. The molecule has 134 valence electrons. The zero-order valence-electron chi connectivity index (χ0n) is 16.0. The molecule has 0 saturated heterocycles. The molecule has 5 nitrogen and oxygen atoms in total. The van der Waals surface area contributed by atoms with Crippen LogP contribution < -0.4 is 0 Å². The Morgan fingerprint density at radius 1 is 0.960 bits per heavy atom. The first-order chi connectivity index (χ1) is 11.7. The lowest BCUT2D eigenvalue weighted by atomic mass is 10.1. The molecule has 0 saturated carbocycles. The molecule has 0 atom stereocenters. The molecule has 0 aliphatic heterocycles. The summed E-state index contributed by atoms with van der Waals surface area (Å²) in [5.41, 5.74) is 4.92. The predicted octanol–water partition coefficient (Wildman–Crippen LogP) is 2.61. The molecule has 2 rings (SSSR count). The highest BCUT2D eigenvalue weighted by atomic mass is 16.2. The van der Waals surface area contributed by atoms with Crippen LogP contribution in [0.4, 0.5) is 0 Å². The van der Waals surface area contributed by atoms with E-state index >= 15 is 0 Å². The van der Waals surface area contributed by atoms with Crippen molar-refractivity contribution in [2.24, 2.45) is 0 Å². The quantitative estimate of drug-likeness (QED) is 0.759. The fourth-order valence-corrected chi connectivity index (χ4v) is 2.89. The number of benzene rings is 1. The summed E-state index contributed by atoms with van der Waals surface area (Å²) in [5.74, 6) is 0.0148. The number of nitrogens with zero attached hydrogens (tertiary/aromatic N) is 3. The van der Waals surface area contributed by atoms with Crippen LogP contribution in [0, 0.1) is 20.8 Å². The summed E-state index contributed by atoms with van der Waals surface area (Å²) < 4.78 is 2.09. The van der Waals surface area contributed by atoms with E-state index in [0.29, 0.717) is 5.56 Å². The summed E-state index contributed by atoms with van der Waals surface area (Å²) >= 11 is 0. The van der Waals surface area contributed by atoms with Crippen molar-refractivity contribution < 1.29 is 9.59 Å². The highest BCUT2D eigenvalue weighted by Crippen LogP contribution is 2.21. The third-order valence-electron chi connectivity index (χ3n) is 4.34. The van der Waals surface area contributed by atoms with E-state index in [1.807, 2.05) is 19.9 Å². The van der Waals surface area contributed by atoms with Gasteiger partial charge in [-0.05, 0) is 46.0 Å². The Bertz CT molecular complexity index is 773. The van der Waals surface area contributed by atoms with E-state index in [-0.39, 0.29) is 24.8 Å². The number of hydrogen-bond donors (Lipinski definition) is 0. The van der Waals surface area contributed by atoms with E-state index < -0.39 is 0 Å². The molecule has 5 heteroatoms. The number of rotatable bonds is 6. The number of hydrogen-bond acceptors (Lipinski definition) is 3. The van der Waals surface area contributed by atoms with Gasteiger partial charge in [0.05, 0.1) is 13.1 Å². The van der Waals surface area contributed by atoms with Gasteiger partial charge in [0, 0.05) is 36.7 Å². The number of Topliss-reactive ketones (excluding diaryl/α,β-unsaturated/α-hetero) is 1. The maximum Gasteiger partial charge on any atom is 0.236 e. The second-order valence-electron chi connectivity index (χ2n) is 6.84. The highest BCUT2D eigenvalue weighted by Gasteiger charge is 2.19. The molecule has 0 aliphatic rings. The van der Waals surface area contributed by atoms with Gasteiger partial charge in [0.25, 0.3) is 0 Å². The van der Waals surface area contributed by atoms with Crippen molar-refractivity contribution in [2.45, 2.75) is 20.8 Å². The Hall–Kier alpha value is -2.40. The minimum atomic E-state index is -0.0135. The van der Waals surface area contributed by atoms with Gasteiger partial charge in [-0.25, -0.2) is 0 Å². The molecule has 0 N–H and O–H groups in total. The average molecular weight is 341 g/mol. The Labute approximate surface area is 149 Å². The molecule has 0 bridgehead atoms. The van der Waals surface area contributed by atoms with Crippen LogP contribution in [-0.2, 0) is 4.79 Å². The number of likely N-dealkylation sites (N-methyl/N-ethyl adjacent to an activating group) is 2. The lowest BCUT2D eigenvalue weighted by Gasteiger charge is -2.18. The standard InChI is InChI=1S/C20H27N3O2/c1-14-7-9-17(10-8-14)23-15(2)11-18(16(23)3)19(24)12-22(6)13-20(25)21(4)5/h7-11H,12-13H2,1-6H3. The summed E-state index contributed by atoms with van der Waals surface area (Å²) in [6, 6.07) is 10.2. The van der Waals surface area contributed by atoms with Gasteiger partial charge in [0.15, 0.2) is 5.78 Å². The monoisotopic (exact) mass is 341 g/mol. The number of carbonyl (C=O) groups excluding carboxylic acids is 2. The number of aromatic nitrogens is 1. The molecule has 0 fully saturated rings. The van der Waals surface area contributed by atoms with Crippen LogP contribution in [0.2, 0.25) is 0 Å². The maximum absolute atomic E-state index is 12.7.